The number of fused-ring (bicyclic) bond motifs is 1. The molecule has 0 unspecified atom stereocenters. The molecule has 0 spiro atoms. The Bertz CT molecular complexity index is 408. The van der Waals surface area contributed by atoms with Crippen molar-refractivity contribution in [2.24, 2.45) is 5.73 Å². The van der Waals surface area contributed by atoms with Gasteiger partial charge in [0, 0.05) is 12.7 Å². The maximum absolute atomic E-state index is 5.79. The van der Waals surface area contributed by atoms with Crippen LogP contribution in [0.1, 0.15) is 5.69 Å². The quantitative estimate of drug-likeness (QED) is 0.724. The van der Waals surface area contributed by atoms with E-state index >= 15 is 0 Å². The highest BCUT2D eigenvalue weighted by Crippen LogP contribution is 2.13. The molecule has 2 aromatic heterocycles. The van der Waals surface area contributed by atoms with E-state index in [0.717, 1.165) is 11.2 Å². The van der Waals surface area contributed by atoms with Crippen molar-refractivity contribution >= 4 is 17.1 Å². The summed E-state index contributed by atoms with van der Waals surface area (Å²) < 4.78 is 1.87. The first-order valence-corrected chi connectivity index (χ1v) is 4.00. The van der Waals surface area contributed by atoms with Gasteiger partial charge in [0.05, 0.1) is 22.6 Å². The minimum atomic E-state index is 0.456. The lowest BCUT2D eigenvalue weighted by Gasteiger charge is -1.95. The van der Waals surface area contributed by atoms with Crippen molar-refractivity contribution in [3.05, 3.63) is 35.4 Å². The molecule has 0 bridgehead atoms. The van der Waals surface area contributed by atoms with Gasteiger partial charge in [0.25, 0.3) is 0 Å². The number of pyridine rings is 1. The zero-order chi connectivity index (χ0) is 8.55. The van der Waals surface area contributed by atoms with Gasteiger partial charge in [-0.2, -0.15) is 0 Å². The van der Waals surface area contributed by atoms with Crippen LogP contribution in [0.4, 0.5) is 0 Å². The molecule has 0 radical (unpaired) electrons. The van der Waals surface area contributed by atoms with Crippen LogP contribution in [0.15, 0.2) is 24.7 Å². The molecule has 3 nitrogen and oxygen atoms in total. The van der Waals surface area contributed by atoms with E-state index in [0.29, 0.717) is 11.6 Å². The Morgan fingerprint density at radius 1 is 1.50 bits per heavy atom. The van der Waals surface area contributed by atoms with Crippen LogP contribution in [0.3, 0.4) is 0 Å². The lowest BCUT2D eigenvalue weighted by atomic mass is 10.3. The molecular formula is C8H8ClN3. The summed E-state index contributed by atoms with van der Waals surface area (Å²) in [5, 5.41) is 0.698. The Hall–Kier alpha value is -1.06. The summed E-state index contributed by atoms with van der Waals surface area (Å²) in [5.41, 5.74) is 7.40. The van der Waals surface area contributed by atoms with Gasteiger partial charge in [0.15, 0.2) is 0 Å². The van der Waals surface area contributed by atoms with Gasteiger partial charge in [-0.1, -0.05) is 11.6 Å². The number of halogens is 1. The fourth-order valence-corrected chi connectivity index (χ4v) is 1.35. The first-order chi connectivity index (χ1) is 5.81. The molecule has 2 rings (SSSR count). The summed E-state index contributed by atoms with van der Waals surface area (Å²) in [6, 6.07) is 3.75. The van der Waals surface area contributed by atoms with E-state index in [2.05, 4.69) is 4.98 Å². The number of nitrogens with two attached hydrogens (primary N) is 1. The maximum Gasteiger partial charge on any atom is 0.0996 e. The van der Waals surface area contributed by atoms with Crippen LogP contribution in [-0.2, 0) is 6.54 Å². The molecule has 0 fully saturated rings. The lowest BCUT2D eigenvalue weighted by molar-refractivity contribution is 1.02. The second-order valence-corrected chi connectivity index (χ2v) is 2.97. The number of nitrogens with zero attached hydrogens (tertiary/aromatic N) is 2. The largest absolute Gasteiger partial charge is 0.325 e. The van der Waals surface area contributed by atoms with E-state index in [-0.39, 0.29) is 0 Å². The van der Waals surface area contributed by atoms with Gasteiger partial charge in [0.2, 0.25) is 0 Å². The normalized spacial score (nSPS) is 10.8. The topological polar surface area (TPSA) is 43.3 Å². The smallest absolute Gasteiger partial charge is 0.0996 e. The molecule has 0 aliphatic rings. The fraction of sp³-hybridized carbons (Fsp3) is 0.125. The zero-order valence-corrected chi connectivity index (χ0v) is 7.12. The van der Waals surface area contributed by atoms with Crippen LogP contribution in [0.5, 0.6) is 0 Å². The van der Waals surface area contributed by atoms with Crippen molar-refractivity contribution in [1.29, 1.82) is 0 Å². The molecule has 0 aliphatic heterocycles. The highest BCUT2D eigenvalue weighted by atomic mass is 35.5. The molecule has 0 aliphatic carbocycles. The maximum atomic E-state index is 5.79. The molecule has 2 N–H and O–H groups in total. The second-order valence-electron chi connectivity index (χ2n) is 2.54. The van der Waals surface area contributed by atoms with Crippen molar-refractivity contribution in [2.45, 2.75) is 6.54 Å². The lowest BCUT2D eigenvalue weighted by Crippen LogP contribution is -1.96. The summed E-state index contributed by atoms with van der Waals surface area (Å²) in [6.07, 6.45) is 3.52. The van der Waals surface area contributed by atoms with Gasteiger partial charge in [-0.05, 0) is 12.1 Å². The standard InChI is InChI=1S/C8H8ClN3/c9-6-1-2-8-7(3-10)11-5-12(8)4-6/h1-2,4-5H,3,10H2. The number of aromatic nitrogens is 2. The molecule has 2 aromatic rings. The predicted molar refractivity (Wildman–Crippen MR) is 48.1 cm³/mol. The minimum Gasteiger partial charge on any atom is -0.325 e. The van der Waals surface area contributed by atoms with E-state index in [1.807, 2.05) is 22.7 Å². The van der Waals surface area contributed by atoms with E-state index in [4.69, 9.17) is 17.3 Å². The van der Waals surface area contributed by atoms with Crippen LogP contribution in [0, 0.1) is 0 Å². The molecule has 0 atom stereocenters. The Morgan fingerprint density at radius 3 is 3.08 bits per heavy atom. The third-order valence-electron chi connectivity index (χ3n) is 1.77. The number of rotatable bonds is 1. The van der Waals surface area contributed by atoms with Crippen molar-refractivity contribution in [3.63, 3.8) is 0 Å². The van der Waals surface area contributed by atoms with E-state index < -0.39 is 0 Å². The number of hydrogen-bond donors (Lipinski definition) is 1. The van der Waals surface area contributed by atoms with Gasteiger partial charge in [-0.15, -0.1) is 0 Å². The van der Waals surface area contributed by atoms with Gasteiger partial charge in [-0.25, -0.2) is 4.98 Å². The van der Waals surface area contributed by atoms with Crippen LogP contribution in [0.2, 0.25) is 5.02 Å². The van der Waals surface area contributed by atoms with E-state index in [1.54, 1.807) is 6.33 Å². The summed E-state index contributed by atoms with van der Waals surface area (Å²) >= 11 is 5.79. The van der Waals surface area contributed by atoms with Gasteiger partial charge < -0.3 is 10.1 Å². The summed E-state index contributed by atoms with van der Waals surface area (Å²) in [4.78, 5) is 4.13. The Morgan fingerprint density at radius 2 is 2.33 bits per heavy atom. The van der Waals surface area contributed by atoms with Crippen LogP contribution >= 0.6 is 11.6 Å². The summed E-state index contributed by atoms with van der Waals surface area (Å²) in [6.45, 7) is 0.456. The Balaban J connectivity index is 2.73. The first-order valence-electron chi connectivity index (χ1n) is 3.62. The molecule has 0 aromatic carbocycles. The fourth-order valence-electron chi connectivity index (χ4n) is 1.19. The van der Waals surface area contributed by atoms with Crippen LogP contribution < -0.4 is 5.73 Å². The minimum absolute atomic E-state index is 0.456. The second kappa shape index (κ2) is 2.77. The molecule has 0 amide bonds. The number of hydrogen-bond acceptors (Lipinski definition) is 2. The van der Waals surface area contributed by atoms with Gasteiger partial charge >= 0.3 is 0 Å². The molecule has 0 saturated heterocycles. The summed E-state index contributed by atoms with van der Waals surface area (Å²) in [7, 11) is 0. The van der Waals surface area contributed by atoms with Crippen LogP contribution in [-0.4, -0.2) is 9.38 Å². The highest BCUT2D eigenvalue weighted by molar-refractivity contribution is 6.30. The first kappa shape index (κ1) is 7.58. The highest BCUT2D eigenvalue weighted by Gasteiger charge is 2.00. The molecule has 0 saturated carbocycles. The third kappa shape index (κ3) is 1.07. The monoisotopic (exact) mass is 181 g/mol. The zero-order valence-electron chi connectivity index (χ0n) is 6.37. The third-order valence-corrected chi connectivity index (χ3v) is 1.99. The van der Waals surface area contributed by atoms with Crippen molar-refractivity contribution in [2.75, 3.05) is 0 Å². The number of imidazole rings is 1. The van der Waals surface area contributed by atoms with Crippen molar-refractivity contribution in [1.82, 2.24) is 9.38 Å². The van der Waals surface area contributed by atoms with Crippen molar-refractivity contribution < 1.29 is 0 Å². The molecule has 62 valence electrons. The van der Waals surface area contributed by atoms with E-state index in [9.17, 15) is 0 Å². The molecular weight excluding hydrogens is 174 g/mol. The molecule has 2 heterocycles. The predicted octanol–water partition coefficient (Wildman–Crippen LogP) is 1.45. The summed E-state index contributed by atoms with van der Waals surface area (Å²) in [5.74, 6) is 0. The van der Waals surface area contributed by atoms with Crippen molar-refractivity contribution in [3.8, 4) is 0 Å². The molecule has 4 heteroatoms. The van der Waals surface area contributed by atoms with Gasteiger partial charge in [-0.3, -0.25) is 0 Å². The average molecular weight is 182 g/mol. The molecule has 12 heavy (non-hydrogen) atoms. The van der Waals surface area contributed by atoms with Gasteiger partial charge in [0.1, 0.15) is 0 Å². The Labute approximate surface area is 74.8 Å². The SMILES string of the molecule is NCc1ncn2cc(Cl)ccc12. The average Bonchev–Trinajstić information content (AvgIpc) is 2.46. The Kier molecular flexibility index (Phi) is 1.75. The van der Waals surface area contributed by atoms with Crippen LogP contribution in [0.25, 0.3) is 5.52 Å². The van der Waals surface area contributed by atoms with E-state index in [1.165, 1.54) is 0 Å².